The topological polar surface area (TPSA) is 104 Å². The van der Waals surface area contributed by atoms with Crippen LogP contribution in [-0.4, -0.2) is 39.4 Å². The molecule has 38 heavy (non-hydrogen) atoms. The minimum Gasteiger partial charge on any atom is -0.495 e. The molecular weight excluding hydrogens is 480 g/mol. The predicted molar refractivity (Wildman–Crippen MR) is 145 cm³/mol. The van der Waals surface area contributed by atoms with Gasteiger partial charge in [-0.15, -0.1) is 10.2 Å². The maximum Gasteiger partial charge on any atom is 0.212 e. The number of methoxy groups -OCH3 is 2. The number of pyridine rings is 3. The van der Waals surface area contributed by atoms with Gasteiger partial charge in [0.2, 0.25) is 5.88 Å². The largest absolute Gasteiger partial charge is 0.495 e. The first-order valence-corrected chi connectivity index (χ1v) is 11.8. The van der Waals surface area contributed by atoms with E-state index in [9.17, 15) is 0 Å². The summed E-state index contributed by atoms with van der Waals surface area (Å²) in [6.45, 7) is 0. The van der Waals surface area contributed by atoms with Gasteiger partial charge in [0.05, 0.1) is 25.9 Å². The average molecular weight is 503 g/mol. The number of nitrogens with zero attached hydrogens (tertiary/aromatic N) is 5. The molecule has 4 aromatic heterocycles. The molecule has 0 amide bonds. The monoisotopic (exact) mass is 502 g/mol. The lowest BCUT2D eigenvalue weighted by atomic mass is 10.1. The fourth-order valence-electron chi connectivity index (χ4n) is 4.10. The van der Waals surface area contributed by atoms with Crippen molar-refractivity contribution in [2.24, 2.45) is 0 Å². The van der Waals surface area contributed by atoms with Gasteiger partial charge in [-0.3, -0.25) is 4.98 Å². The first-order valence-electron chi connectivity index (χ1n) is 11.8. The summed E-state index contributed by atoms with van der Waals surface area (Å²) in [5, 5.41) is 14.3. The van der Waals surface area contributed by atoms with Crippen LogP contribution in [0.3, 0.4) is 0 Å². The van der Waals surface area contributed by atoms with Crippen LogP contribution in [-0.2, 0) is 0 Å². The Hall–Kier alpha value is -5.31. The molecule has 0 aliphatic rings. The van der Waals surface area contributed by atoms with Gasteiger partial charge in [-0.05, 0) is 30.3 Å². The predicted octanol–water partition coefficient (Wildman–Crippen LogP) is 6.19. The molecule has 6 aromatic rings. The molecule has 0 saturated carbocycles. The summed E-state index contributed by atoms with van der Waals surface area (Å²) in [7, 11) is 3.19. The summed E-state index contributed by atoms with van der Waals surface area (Å²) in [5.41, 5.74) is 3.81. The van der Waals surface area contributed by atoms with Crippen LogP contribution in [0.5, 0.6) is 23.1 Å². The lowest BCUT2D eigenvalue weighted by molar-refractivity contribution is 0.398. The lowest BCUT2D eigenvalue weighted by Crippen LogP contribution is -1.99. The first kappa shape index (κ1) is 23.1. The Morgan fingerprint density at radius 3 is 2.32 bits per heavy atom. The standard InChI is InChI=1S/C29H22N6O3/c1-36-21-15-24-28(32-17-21)25(13-14-30-24)38-20-10-8-19(9-11-20)33-29-23-6-4-3-5-22(23)27(34-35-29)18-7-12-26(37-2)31-16-18/h3-17H,1-2H3,(H,33,35). The number of fused-ring (bicyclic) bond motifs is 2. The summed E-state index contributed by atoms with van der Waals surface area (Å²) >= 11 is 0. The molecule has 9 nitrogen and oxygen atoms in total. The second-order valence-electron chi connectivity index (χ2n) is 8.34. The number of benzene rings is 2. The van der Waals surface area contributed by atoms with Crippen molar-refractivity contribution in [3.05, 3.63) is 91.4 Å². The van der Waals surface area contributed by atoms with Gasteiger partial charge in [-0.1, -0.05) is 24.3 Å². The number of hydrogen-bond donors (Lipinski definition) is 1. The third-order valence-electron chi connectivity index (χ3n) is 6.00. The van der Waals surface area contributed by atoms with Gasteiger partial charge in [0, 0.05) is 52.6 Å². The van der Waals surface area contributed by atoms with E-state index in [1.54, 1.807) is 38.9 Å². The molecule has 0 atom stereocenters. The van der Waals surface area contributed by atoms with E-state index < -0.39 is 0 Å². The molecule has 0 saturated heterocycles. The normalized spacial score (nSPS) is 10.9. The minimum atomic E-state index is 0.547. The molecule has 4 heterocycles. The molecule has 0 unspecified atom stereocenters. The number of nitrogens with one attached hydrogen (secondary N) is 1. The summed E-state index contributed by atoms with van der Waals surface area (Å²) in [5.74, 6) is 3.11. The van der Waals surface area contributed by atoms with E-state index in [1.807, 2.05) is 66.7 Å². The maximum atomic E-state index is 6.11. The Balaban J connectivity index is 1.25. The van der Waals surface area contributed by atoms with E-state index in [-0.39, 0.29) is 0 Å². The molecule has 0 bridgehead atoms. The van der Waals surface area contributed by atoms with E-state index in [1.165, 1.54) is 0 Å². The molecule has 6 rings (SSSR count). The summed E-state index contributed by atoms with van der Waals surface area (Å²) in [6.07, 6.45) is 5.06. The van der Waals surface area contributed by atoms with E-state index in [0.717, 1.165) is 27.7 Å². The molecule has 0 radical (unpaired) electrons. The van der Waals surface area contributed by atoms with Gasteiger partial charge < -0.3 is 19.5 Å². The molecule has 2 aromatic carbocycles. The Kier molecular flexibility index (Phi) is 6.07. The van der Waals surface area contributed by atoms with Crippen LogP contribution in [0.2, 0.25) is 0 Å². The van der Waals surface area contributed by atoms with Crippen molar-refractivity contribution in [1.82, 2.24) is 25.1 Å². The van der Waals surface area contributed by atoms with Gasteiger partial charge in [-0.2, -0.15) is 0 Å². The van der Waals surface area contributed by atoms with Gasteiger partial charge >= 0.3 is 0 Å². The molecule has 186 valence electrons. The molecule has 0 fully saturated rings. The fourth-order valence-corrected chi connectivity index (χ4v) is 4.10. The van der Waals surface area contributed by atoms with Gasteiger partial charge in [0.25, 0.3) is 0 Å². The van der Waals surface area contributed by atoms with Crippen LogP contribution < -0.4 is 19.5 Å². The quantitative estimate of drug-likeness (QED) is 0.274. The molecule has 1 N–H and O–H groups in total. The van der Waals surface area contributed by atoms with Crippen LogP contribution in [0.15, 0.2) is 91.4 Å². The summed E-state index contributed by atoms with van der Waals surface area (Å²) in [6, 6.07) is 22.9. The summed E-state index contributed by atoms with van der Waals surface area (Å²) < 4.78 is 16.5. The maximum absolute atomic E-state index is 6.11. The van der Waals surface area contributed by atoms with Gasteiger partial charge in [0.1, 0.15) is 22.7 Å². The molecule has 0 spiro atoms. The highest BCUT2D eigenvalue weighted by Crippen LogP contribution is 2.33. The van der Waals surface area contributed by atoms with E-state index in [0.29, 0.717) is 40.0 Å². The van der Waals surface area contributed by atoms with Crippen molar-refractivity contribution in [3.8, 4) is 34.4 Å². The zero-order valence-corrected chi connectivity index (χ0v) is 20.6. The van der Waals surface area contributed by atoms with Gasteiger partial charge in [-0.25, -0.2) is 9.97 Å². The zero-order chi connectivity index (χ0) is 25.9. The smallest absolute Gasteiger partial charge is 0.212 e. The third-order valence-corrected chi connectivity index (χ3v) is 6.00. The second kappa shape index (κ2) is 9.98. The van der Waals surface area contributed by atoms with Crippen molar-refractivity contribution >= 4 is 33.3 Å². The van der Waals surface area contributed by atoms with E-state index in [2.05, 4.69) is 30.5 Å². The van der Waals surface area contributed by atoms with Crippen LogP contribution in [0.1, 0.15) is 0 Å². The third kappa shape index (κ3) is 4.48. The Labute approximate surface area is 218 Å². The molecule has 0 aliphatic carbocycles. The van der Waals surface area contributed by atoms with E-state index >= 15 is 0 Å². The Bertz CT molecular complexity index is 1740. The van der Waals surface area contributed by atoms with Crippen molar-refractivity contribution in [1.29, 1.82) is 0 Å². The van der Waals surface area contributed by atoms with Gasteiger partial charge in [0.15, 0.2) is 11.6 Å². The molecular formula is C29H22N6O3. The number of ether oxygens (including phenoxy) is 3. The Morgan fingerprint density at radius 2 is 1.55 bits per heavy atom. The van der Waals surface area contributed by atoms with Crippen LogP contribution in [0.4, 0.5) is 11.5 Å². The average Bonchev–Trinajstić information content (AvgIpc) is 2.98. The minimum absolute atomic E-state index is 0.547. The highest BCUT2D eigenvalue weighted by atomic mass is 16.5. The van der Waals surface area contributed by atoms with Crippen molar-refractivity contribution in [2.75, 3.05) is 19.5 Å². The number of rotatable bonds is 7. The number of anilines is 2. The molecule has 9 heteroatoms. The molecule has 0 aliphatic heterocycles. The first-order chi connectivity index (χ1) is 18.7. The zero-order valence-electron chi connectivity index (χ0n) is 20.6. The van der Waals surface area contributed by atoms with Crippen molar-refractivity contribution in [3.63, 3.8) is 0 Å². The number of hydrogen-bond acceptors (Lipinski definition) is 9. The second-order valence-corrected chi connectivity index (χ2v) is 8.34. The highest BCUT2D eigenvalue weighted by molar-refractivity contribution is 6.00. The van der Waals surface area contributed by atoms with Crippen LogP contribution in [0.25, 0.3) is 33.1 Å². The van der Waals surface area contributed by atoms with Crippen LogP contribution in [0, 0.1) is 0 Å². The van der Waals surface area contributed by atoms with E-state index in [4.69, 9.17) is 14.2 Å². The van der Waals surface area contributed by atoms with Crippen molar-refractivity contribution in [2.45, 2.75) is 0 Å². The number of aromatic nitrogens is 5. The highest BCUT2D eigenvalue weighted by Gasteiger charge is 2.12. The van der Waals surface area contributed by atoms with Crippen molar-refractivity contribution < 1.29 is 14.2 Å². The SMILES string of the molecule is COc1cnc2c(Oc3ccc(Nc4nnc(-c5ccc(OC)nc5)c5ccccc45)cc3)ccnc2c1. The van der Waals surface area contributed by atoms with Crippen LogP contribution >= 0.6 is 0 Å². The summed E-state index contributed by atoms with van der Waals surface area (Å²) in [4.78, 5) is 13.1. The lowest BCUT2D eigenvalue weighted by Gasteiger charge is -2.12. The Morgan fingerprint density at radius 1 is 0.711 bits per heavy atom. The fraction of sp³-hybridized carbons (Fsp3) is 0.0690.